The van der Waals surface area contributed by atoms with Crippen LogP contribution in [0.15, 0.2) is 30.6 Å². The summed E-state index contributed by atoms with van der Waals surface area (Å²) in [7, 11) is 0. The monoisotopic (exact) mass is 326 g/mol. The van der Waals surface area contributed by atoms with Gasteiger partial charge in [-0.05, 0) is 42.4 Å². The van der Waals surface area contributed by atoms with Crippen molar-refractivity contribution in [3.8, 4) is 11.6 Å². The predicted octanol–water partition coefficient (Wildman–Crippen LogP) is 4.21. The lowest BCUT2D eigenvalue weighted by Crippen LogP contribution is -2.35. The van der Waals surface area contributed by atoms with E-state index in [0.717, 1.165) is 31.1 Å². The van der Waals surface area contributed by atoms with Crippen LogP contribution in [0.1, 0.15) is 45.1 Å². The van der Waals surface area contributed by atoms with Crippen LogP contribution in [0, 0.1) is 5.92 Å². The Bertz CT molecular complexity index is 684. The molecule has 0 radical (unpaired) electrons. The summed E-state index contributed by atoms with van der Waals surface area (Å²) < 4.78 is 5.90. The van der Waals surface area contributed by atoms with Crippen LogP contribution in [-0.4, -0.2) is 23.1 Å². The van der Waals surface area contributed by atoms with Crippen molar-refractivity contribution in [3.63, 3.8) is 0 Å². The number of hydrogen-bond donors (Lipinski definition) is 1. The number of benzene rings is 1. The van der Waals surface area contributed by atoms with Crippen molar-refractivity contribution in [2.75, 3.05) is 23.7 Å². The van der Waals surface area contributed by atoms with Gasteiger partial charge in [0.15, 0.2) is 5.82 Å². The van der Waals surface area contributed by atoms with Gasteiger partial charge in [-0.15, -0.1) is 0 Å². The smallest absolute Gasteiger partial charge is 0.248 e. The summed E-state index contributed by atoms with van der Waals surface area (Å²) in [4.78, 5) is 10.8. The molecular formula is C19H26N4O. The Morgan fingerprint density at radius 3 is 2.62 bits per heavy atom. The largest absolute Gasteiger partial charge is 0.437 e. The number of aromatic nitrogens is 2. The standard InChI is InChI=1S/C19H26N4O/c1-13(2)15-6-8-16(9-7-15)24-19-17(20)18(21-12-22-19)23-10-4-5-14(3)11-23/h6-9,12-14H,4-5,10-11,20H2,1-3H3. The van der Waals surface area contributed by atoms with E-state index in [-0.39, 0.29) is 0 Å². The lowest BCUT2D eigenvalue weighted by Gasteiger charge is -2.32. The maximum Gasteiger partial charge on any atom is 0.248 e. The molecule has 1 saturated heterocycles. The van der Waals surface area contributed by atoms with E-state index in [9.17, 15) is 0 Å². The minimum absolute atomic E-state index is 0.426. The minimum Gasteiger partial charge on any atom is -0.437 e. The van der Waals surface area contributed by atoms with E-state index in [1.54, 1.807) is 0 Å². The van der Waals surface area contributed by atoms with Gasteiger partial charge < -0.3 is 15.4 Å². The molecule has 1 unspecified atom stereocenters. The van der Waals surface area contributed by atoms with Gasteiger partial charge in [0.2, 0.25) is 5.88 Å². The van der Waals surface area contributed by atoms with E-state index in [1.807, 2.05) is 12.1 Å². The van der Waals surface area contributed by atoms with Crippen molar-refractivity contribution in [1.29, 1.82) is 0 Å². The Hall–Kier alpha value is -2.30. The normalized spacial score (nSPS) is 18.0. The molecule has 0 amide bonds. The molecular weight excluding hydrogens is 300 g/mol. The minimum atomic E-state index is 0.426. The van der Waals surface area contributed by atoms with Crippen LogP contribution in [-0.2, 0) is 0 Å². The van der Waals surface area contributed by atoms with E-state index < -0.39 is 0 Å². The first-order valence-corrected chi connectivity index (χ1v) is 8.68. The molecule has 0 bridgehead atoms. The fourth-order valence-electron chi connectivity index (χ4n) is 3.12. The van der Waals surface area contributed by atoms with Gasteiger partial charge in [0, 0.05) is 13.1 Å². The van der Waals surface area contributed by atoms with Crippen molar-refractivity contribution in [3.05, 3.63) is 36.2 Å². The second-order valence-corrected chi connectivity index (χ2v) is 6.94. The molecule has 2 heterocycles. The molecule has 24 heavy (non-hydrogen) atoms. The fraction of sp³-hybridized carbons (Fsp3) is 0.474. The van der Waals surface area contributed by atoms with E-state index in [1.165, 1.54) is 18.3 Å². The number of hydrogen-bond acceptors (Lipinski definition) is 5. The molecule has 1 aliphatic heterocycles. The number of ether oxygens (including phenoxy) is 1. The second kappa shape index (κ2) is 7.07. The van der Waals surface area contributed by atoms with Gasteiger partial charge in [-0.25, -0.2) is 4.98 Å². The summed E-state index contributed by atoms with van der Waals surface area (Å²) in [6.07, 6.45) is 3.95. The van der Waals surface area contributed by atoms with Crippen LogP contribution in [0.2, 0.25) is 0 Å². The van der Waals surface area contributed by atoms with Gasteiger partial charge in [0.1, 0.15) is 17.8 Å². The zero-order valence-electron chi connectivity index (χ0n) is 14.7. The Labute approximate surface area is 143 Å². The SMILES string of the molecule is CC1CCCN(c2ncnc(Oc3ccc(C(C)C)cc3)c2N)C1. The Morgan fingerprint density at radius 2 is 1.96 bits per heavy atom. The summed E-state index contributed by atoms with van der Waals surface area (Å²) in [5.74, 6) is 3.10. The summed E-state index contributed by atoms with van der Waals surface area (Å²) in [5.41, 5.74) is 8.09. The van der Waals surface area contributed by atoms with E-state index >= 15 is 0 Å². The van der Waals surface area contributed by atoms with Crippen LogP contribution >= 0.6 is 0 Å². The third kappa shape index (κ3) is 3.61. The maximum absolute atomic E-state index is 6.29. The first kappa shape index (κ1) is 16.6. The number of anilines is 2. The third-order valence-electron chi connectivity index (χ3n) is 4.54. The van der Waals surface area contributed by atoms with Crippen molar-refractivity contribution in [1.82, 2.24) is 9.97 Å². The highest BCUT2D eigenvalue weighted by molar-refractivity contribution is 5.68. The summed E-state index contributed by atoms with van der Waals surface area (Å²) in [6, 6.07) is 8.06. The molecule has 1 aliphatic rings. The van der Waals surface area contributed by atoms with Crippen LogP contribution in [0.25, 0.3) is 0 Å². The highest BCUT2D eigenvalue weighted by Gasteiger charge is 2.21. The lowest BCUT2D eigenvalue weighted by atomic mass is 10.0. The average Bonchev–Trinajstić information content (AvgIpc) is 2.57. The van der Waals surface area contributed by atoms with Gasteiger partial charge >= 0.3 is 0 Å². The number of rotatable bonds is 4. The molecule has 128 valence electrons. The van der Waals surface area contributed by atoms with Crippen molar-refractivity contribution >= 4 is 11.5 Å². The molecule has 3 rings (SSSR count). The zero-order valence-corrected chi connectivity index (χ0v) is 14.7. The van der Waals surface area contributed by atoms with Crippen LogP contribution in [0.3, 0.4) is 0 Å². The quantitative estimate of drug-likeness (QED) is 0.911. The highest BCUT2D eigenvalue weighted by atomic mass is 16.5. The van der Waals surface area contributed by atoms with Gasteiger partial charge in [0.05, 0.1) is 0 Å². The lowest BCUT2D eigenvalue weighted by molar-refractivity contribution is 0.441. The molecule has 1 atom stereocenters. The van der Waals surface area contributed by atoms with Gasteiger partial charge in [0.25, 0.3) is 0 Å². The van der Waals surface area contributed by atoms with E-state index in [4.69, 9.17) is 10.5 Å². The number of nitrogens with zero attached hydrogens (tertiary/aromatic N) is 3. The Balaban J connectivity index is 1.80. The maximum atomic E-state index is 6.29. The average molecular weight is 326 g/mol. The van der Waals surface area contributed by atoms with E-state index in [2.05, 4.69) is 47.8 Å². The number of piperidine rings is 1. The number of nitrogen functional groups attached to an aromatic ring is 1. The van der Waals surface area contributed by atoms with Gasteiger partial charge in [-0.3, -0.25) is 0 Å². The van der Waals surface area contributed by atoms with Gasteiger partial charge in [-0.2, -0.15) is 4.98 Å². The molecule has 1 aromatic carbocycles. The molecule has 5 heteroatoms. The Morgan fingerprint density at radius 1 is 1.21 bits per heavy atom. The molecule has 1 aromatic heterocycles. The summed E-state index contributed by atoms with van der Waals surface area (Å²) in [5, 5.41) is 0. The first-order chi connectivity index (χ1) is 11.5. The topological polar surface area (TPSA) is 64.3 Å². The molecule has 2 N–H and O–H groups in total. The third-order valence-corrected chi connectivity index (χ3v) is 4.54. The van der Waals surface area contributed by atoms with E-state index in [0.29, 0.717) is 23.4 Å². The summed E-state index contributed by atoms with van der Waals surface area (Å²) in [6.45, 7) is 8.56. The highest BCUT2D eigenvalue weighted by Crippen LogP contribution is 2.33. The first-order valence-electron chi connectivity index (χ1n) is 8.68. The molecule has 0 aliphatic carbocycles. The fourth-order valence-corrected chi connectivity index (χ4v) is 3.12. The summed E-state index contributed by atoms with van der Waals surface area (Å²) >= 11 is 0. The molecule has 5 nitrogen and oxygen atoms in total. The van der Waals surface area contributed by atoms with Crippen molar-refractivity contribution < 1.29 is 4.74 Å². The molecule has 0 saturated carbocycles. The second-order valence-electron chi connectivity index (χ2n) is 6.94. The molecule has 1 fully saturated rings. The molecule has 2 aromatic rings. The van der Waals surface area contributed by atoms with Crippen LogP contribution in [0.5, 0.6) is 11.6 Å². The van der Waals surface area contributed by atoms with Crippen molar-refractivity contribution in [2.45, 2.75) is 39.5 Å². The van der Waals surface area contributed by atoms with Crippen LogP contribution in [0.4, 0.5) is 11.5 Å². The Kier molecular flexibility index (Phi) is 4.88. The number of nitrogens with two attached hydrogens (primary N) is 1. The molecule has 0 spiro atoms. The zero-order chi connectivity index (χ0) is 17.1. The van der Waals surface area contributed by atoms with Gasteiger partial charge in [-0.1, -0.05) is 32.9 Å². The van der Waals surface area contributed by atoms with Crippen LogP contribution < -0.4 is 15.4 Å². The van der Waals surface area contributed by atoms with Crippen molar-refractivity contribution in [2.24, 2.45) is 5.92 Å². The predicted molar refractivity (Wildman–Crippen MR) is 97.7 cm³/mol.